The Bertz CT molecular complexity index is 217. The second-order valence-electron chi connectivity index (χ2n) is 3.80. The Hall–Kier alpha value is -1.05. The van der Waals surface area contributed by atoms with Gasteiger partial charge in [-0.1, -0.05) is 44.8 Å². The Morgan fingerprint density at radius 2 is 1.93 bits per heavy atom. The number of unbranched alkanes of at least 4 members (excludes halogenated alkanes) is 4. The van der Waals surface area contributed by atoms with E-state index in [2.05, 4.69) is 13.5 Å². The predicted octanol–water partition coefficient (Wildman–Crippen LogP) is 3.98. The standard InChI is InChI=1S/C13H22O2/c1-4-5-6-7-8-9-13(14)15-11-10-12(2)3/h10-11H,2,4-9H2,1,3H3. The fraction of sp³-hybridized carbons (Fsp3) is 0.615. The lowest BCUT2D eigenvalue weighted by atomic mass is 10.1. The van der Waals surface area contributed by atoms with E-state index in [1.54, 1.807) is 6.08 Å². The molecular weight excluding hydrogens is 188 g/mol. The van der Waals surface area contributed by atoms with Gasteiger partial charge in [0, 0.05) is 6.42 Å². The van der Waals surface area contributed by atoms with Gasteiger partial charge in [-0.25, -0.2) is 0 Å². The van der Waals surface area contributed by atoms with Crippen LogP contribution in [0.4, 0.5) is 0 Å². The number of hydrogen-bond acceptors (Lipinski definition) is 2. The van der Waals surface area contributed by atoms with Crippen LogP contribution >= 0.6 is 0 Å². The molecule has 0 aliphatic carbocycles. The van der Waals surface area contributed by atoms with Gasteiger partial charge in [0.15, 0.2) is 0 Å². The number of carbonyl (C=O) groups is 1. The van der Waals surface area contributed by atoms with Gasteiger partial charge < -0.3 is 4.74 Å². The molecule has 2 nitrogen and oxygen atoms in total. The average Bonchev–Trinajstić information content (AvgIpc) is 2.17. The van der Waals surface area contributed by atoms with E-state index in [9.17, 15) is 4.79 Å². The summed E-state index contributed by atoms with van der Waals surface area (Å²) in [5, 5.41) is 0. The number of ether oxygens (including phenoxy) is 1. The SMILES string of the molecule is C=C(C)C=COC(=O)CCCCCCC. The van der Waals surface area contributed by atoms with Crippen molar-refractivity contribution in [1.29, 1.82) is 0 Å². The molecular formula is C13H22O2. The number of carbonyl (C=O) groups excluding carboxylic acids is 1. The van der Waals surface area contributed by atoms with Crippen LogP contribution < -0.4 is 0 Å². The summed E-state index contributed by atoms with van der Waals surface area (Å²) < 4.78 is 4.88. The van der Waals surface area contributed by atoms with Crippen LogP contribution in [-0.4, -0.2) is 5.97 Å². The van der Waals surface area contributed by atoms with E-state index in [0.717, 1.165) is 18.4 Å². The third kappa shape index (κ3) is 10.9. The van der Waals surface area contributed by atoms with Gasteiger partial charge in [-0.3, -0.25) is 4.79 Å². The fourth-order valence-electron chi connectivity index (χ4n) is 1.16. The van der Waals surface area contributed by atoms with Crippen LogP contribution in [0.3, 0.4) is 0 Å². The smallest absolute Gasteiger partial charge is 0.310 e. The molecule has 0 N–H and O–H groups in total. The van der Waals surface area contributed by atoms with Gasteiger partial charge in [-0.05, 0) is 19.4 Å². The summed E-state index contributed by atoms with van der Waals surface area (Å²) in [6.07, 6.45) is 9.37. The summed E-state index contributed by atoms with van der Waals surface area (Å²) in [6.45, 7) is 7.70. The summed E-state index contributed by atoms with van der Waals surface area (Å²) in [6, 6.07) is 0. The highest BCUT2D eigenvalue weighted by molar-refractivity contribution is 5.69. The second kappa shape index (κ2) is 9.50. The van der Waals surface area contributed by atoms with Gasteiger partial charge >= 0.3 is 5.97 Å². The molecule has 15 heavy (non-hydrogen) atoms. The minimum Gasteiger partial charge on any atom is -0.434 e. The lowest BCUT2D eigenvalue weighted by molar-refractivity contribution is -0.138. The van der Waals surface area contributed by atoms with Crippen molar-refractivity contribution in [3.63, 3.8) is 0 Å². The lowest BCUT2D eigenvalue weighted by Crippen LogP contribution is -1.98. The largest absolute Gasteiger partial charge is 0.434 e. The van der Waals surface area contributed by atoms with E-state index >= 15 is 0 Å². The quantitative estimate of drug-likeness (QED) is 0.262. The van der Waals surface area contributed by atoms with Gasteiger partial charge in [0.05, 0.1) is 6.26 Å². The predicted molar refractivity (Wildman–Crippen MR) is 63.4 cm³/mol. The van der Waals surface area contributed by atoms with Gasteiger partial charge in [-0.15, -0.1) is 0 Å². The summed E-state index contributed by atoms with van der Waals surface area (Å²) in [7, 11) is 0. The summed E-state index contributed by atoms with van der Waals surface area (Å²) in [5.74, 6) is -0.149. The molecule has 0 radical (unpaired) electrons. The number of hydrogen-bond donors (Lipinski definition) is 0. The van der Waals surface area contributed by atoms with Crippen LogP contribution in [0.5, 0.6) is 0 Å². The minimum atomic E-state index is -0.149. The topological polar surface area (TPSA) is 26.3 Å². The van der Waals surface area contributed by atoms with Crippen LogP contribution in [0.2, 0.25) is 0 Å². The van der Waals surface area contributed by atoms with Crippen molar-refractivity contribution in [2.24, 2.45) is 0 Å². The lowest BCUT2D eigenvalue weighted by Gasteiger charge is -1.99. The van der Waals surface area contributed by atoms with Gasteiger partial charge in [0.2, 0.25) is 0 Å². The van der Waals surface area contributed by atoms with Crippen molar-refractivity contribution in [2.75, 3.05) is 0 Å². The molecule has 0 amide bonds. The minimum absolute atomic E-state index is 0.149. The zero-order valence-electron chi connectivity index (χ0n) is 9.92. The third-order valence-electron chi connectivity index (χ3n) is 2.04. The van der Waals surface area contributed by atoms with Crippen molar-refractivity contribution in [2.45, 2.75) is 52.4 Å². The second-order valence-corrected chi connectivity index (χ2v) is 3.80. The number of esters is 1. The Labute approximate surface area is 93.0 Å². The van der Waals surface area contributed by atoms with Crippen molar-refractivity contribution in [3.8, 4) is 0 Å². The maximum atomic E-state index is 11.2. The van der Waals surface area contributed by atoms with Crippen molar-refractivity contribution in [1.82, 2.24) is 0 Å². The molecule has 0 saturated heterocycles. The van der Waals surface area contributed by atoms with Crippen LogP contribution in [0.25, 0.3) is 0 Å². The fourth-order valence-corrected chi connectivity index (χ4v) is 1.16. The molecule has 0 bridgehead atoms. The van der Waals surface area contributed by atoms with E-state index in [0.29, 0.717) is 6.42 Å². The van der Waals surface area contributed by atoms with Crippen molar-refractivity contribution < 1.29 is 9.53 Å². The molecule has 0 saturated carbocycles. The molecule has 0 fully saturated rings. The number of allylic oxidation sites excluding steroid dienone is 2. The molecule has 0 spiro atoms. The van der Waals surface area contributed by atoms with E-state index in [1.165, 1.54) is 25.5 Å². The Morgan fingerprint density at radius 3 is 2.53 bits per heavy atom. The Balaban J connectivity index is 3.37. The first-order valence-electron chi connectivity index (χ1n) is 5.68. The highest BCUT2D eigenvalue weighted by Gasteiger charge is 1.99. The number of rotatable bonds is 8. The maximum Gasteiger partial charge on any atom is 0.310 e. The Kier molecular flexibility index (Phi) is 8.84. The third-order valence-corrected chi connectivity index (χ3v) is 2.04. The molecule has 0 heterocycles. The van der Waals surface area contributed by atoms with Gasteiger partial charge in [-0.2, -0.15) is 0 Å². The first kappa shape index (κ1) is 13.9. The normalized spacial score (nSPS) is 10.5. The van der Waals surface area contributed by atoms with Crippen molar-refractivity contribution >= 4 is 5.97 Å². The average molecular weight is 210 g/mol. The van der Waals surface area contributed by atoms with Crippen LogP contribution in [0.1, 0.15) is 52.4 Å². The first-order chi connectivity index (χ1) is 7.16. The molecule has 86 valence electrons. The molecule has 0 aromatic heterocycles. The first-order valence-corrected chi connectivity index (χ1v) is 5.68. The zero-order valence-corrected chi connectivity index (χ0v) is 9.92. The molecule has 0 atom stereocenters. The Morgan fingerprint density at radius 1 is 1.27 bits per heavy atom. The van der Waals surface area contributed by atoms with E-state index in [4.69, 9.17) is 4.74 Å². The van der Waals surface area contributed by atoms with E-state index in [1.807, 2.05) is 6.92 Å². The van der Waals surface area contributed by atoms with Gasteiger partial charge in [0.1, 0.15) is 0 Å². The van der Waals surface area contributed by atoms with Crippen LogP contribution in [0, 0.1) is 0 Å². The zero-order chi connectivity index (χ0) is 11.5. The molecule has 0 aliphatic heterocycles. The molecule has 0 aromatic rings. The molecule has 0 rings (SSSR count). The van der Waals surface area contributed by atoms with Gasteiger partial charge in [0.25, 0.3) is 0 Å². The highest BCUT2D eigenvalue weighted by Crippen LogP contribution is 2.05. The summed E-state index contributed by atoms with van der Waals surface area (Å²) in [4.78, 5) is 11.2. The molecule has 0 unspecified atom stereocenters. The van der Waals surface area contributed by atoms with Crippen LogP contribution in [0.15, 0.2) is 24.5 Å². The molecule has 2 heteroatoms. The van der Waals surface area contributed by atoms with Crippen LogP contribution in [-0.2, 0) is 9.53 Å². The monoisotopic (exact) mass is 210 g/mol. The maximum absolute atomic E-state index is 11.2. The molecule has 0 aliphatic rings. The molecule has 0 aromatic carbocycles. The summed E-state index contributed by atoms with van der Waals surface area (Å²) in [5.41, 5.74) is 0.880. The summed E-state index contributed by atoms with van der Waals surface area (Å²) >= 11 is 0. The van der Waals surface area contributed by atoms with E-state index in [-0.39, 0.29) is 5.97 Å². The van der Waals surface area contributed by atoms with E-state index < -0.39 is 0 Å². The highest BCUT2D eigenvalue weighted by atomic mass is 16.5. The van der Waals surface area contributed by atoms with Crippen molar-refractivity contribution in [3.05, 3.63) is 24.5 Å².